The minimum Gasteiger partial charge on any atom is -0.353 e. The average Bonchev–Trinajstić information content (AvgIpc) is 2.42. The van der Waals surface area contributed by atoms with Crippen LogP contribution in [0.25, 0.3) is 0 Å². The van der Waals surface area contributed by atoms with E-state index in [1.165, 1.54) is 18.4 Å². The van der Waals surface area contributed by atoms with Crippen molar-refractivity contribution in [1.82, 2.24) is 0 Å². The highest BCUT2D eigenvalue weighted by Gasteiger charge is 2.11. The molecule has 1 aromatic rings. The van der Waals surface area contributed by atoms with E-state index in [4.69, 9.17) is 15.2 Å². The van der Waals surface area contributed by atoms with Gasteiger partial charge in [-0.05, 0) is 31.7 Å². The van der Waals surface area contributed by atoms with Crippen LogP contribution in [0, 0.1) is 0 Å². The van der Waals surface area contributed by atoms with Gasteiger partial charge in [0, 0.05) is 19.8 Å². The fourth-order valence-corrected chi connectivity index (χ4v) is 1.64. The van der Waals surface area contributed by atoms with Crippen LogP contribution in [0.3, 0.4) is 0 Å². The largest absolute Gasteiger partial charge is 0.353 e. The van der Waals surface area contributed by atoms with Gasteiger partial charge in [0.25, 0.3) is 0 Å². The van der Waals surface area contributed by atoms with Crippen LogP contribution in [0.1, 0.15) is 31.7 Å². The molecule has 2 rings (SSSR count). The van der Waals surface area contributed by atoms with Crippen molar-refractivity contribution in [2.24, 2.45) is 5.73 Å². The zero-order chi connectivity index (χ0) is 12.3. The lowest BCUT2D eigenvalue weighted by atomic mass is 10.2. The average molecular weight is 237 g/mol. The summed E-state index contributed by atoms with van der Waals surface area (Å²) in [5.74, 6) is 0. The van der Waals surface area contributed by atoms with E-state index >= 15 is 0 Å². The number of nitrogens with two attached hydrogens (primary N) is 1. The smallest absolute Gasteiger partial charge is 0.157 e. The minimum absolute atomic E-state index is 0.101. The molecule has 0 bridgehead atoms. The Morgan fingerprint density at radius 3 is 2.53 bits per heavy atom. The molecule has 2 N–H and O–H groups in total. The Labute approximate surface area is 104 Å². The van der Waals surface area contributed by atoms with Crippen LogP contribution in [0.15, 0.2) is 30.3 Å². The molecule has 1 saturated heterocycles. The van der Waals surface area contributed by atoms with Gasteiger partial charge < -0.3 is 15.2 Å². The molecule has 0 amide bonds. The molecule has 3 heteroatoms. The number of hydrogen-bond donors (Lipinski definition) is 1. The molecular formula is C14H23NO2. The monoisotopic (exact) mass is 237 g/mol. The molecule has 0 aromatic heterocycles. The Hall–Kier alpha value is -0.900. The highest BCUT2D eigenvalue weighted by atomic mass is 16.7. The van der Waals surface area contributed by atoms with E-state index in [9.17, 15) is 0 Å². The quantitative estimate of drug-likeness (QED) is 0.879. The van der Waals surface area contributed by atoms with Gasteiger partial charge in [0.05, 0.1) is 0 Å². The van der Waals surface area contributed by atoms with E-state index in [1.807, 2.05) is 37.3 Å². The fourth-order valence-electron chi connectivity index (χ4n) is 1.64. The van der Waals surface area contributed by atoms with Gasteiger partial charge in [0.1, 0.15) is 0 Å². The molecule has 1 aliphatic rings. The minimum atomic E-state index is 0.101. The van der Waals surface area contributed by atoms with Gasteiger partial charge in [-0.1, -0.05) is 30.3 Å². The molecule has 1 heterocycles. The van der Waals surface area contributed by atoms with Crippen molar-refractivity contribution in [1.29, 1.82) is 0 Å². The molecule has 0 saturated carbocycles. The molecule has 17 heavy (non-hydrogen) atoms. The molecule has 0 aliphatic carbocycles. The predicted octanol–water partition coefficient (Wildman–Crippen LogP) is 2.69. The van der Waals surface area contributed by atoms with Crippen LogP contribution in [0.5, 0.6) is 0 Å². The van der Waals surface area contributed by atoms with Gasteiger partial charge in [0.15, 0.2) is 6.29 Å². The molecule has 0 radical (unpaired) electrons. The van der Waals surface area contributed by atoms with Crippen molar-refractivity contribution in [3.05, 3.63) is 35.9 Å². The first kappa shape index (κ1) is 14.2. The van der Waals surface area contributed by atoms with Crippen molar-refractivity contribution in [2.45, 2.75) is 39.0 Å². The van der Waals surface area contributed by atoms with E-state index in [2.05, 4.69) is 0 Å². The maximum Gasteiger partial charge on any atom is 0.157 e. The Morgan fingerprint density at radius 2 is 2.06 bits per heavy atom. The van der Waals surface area contributed by atoms with Crippen molar-refractivity contribution in [3.63, 3.8) is 0 Å². The van der Waals surface area contributed by atoms with Crippen molar-refractivity contribution >= 4 is 0 Å². The lowest BCUT2D eigenvalue weighted by Crippen LogP contribution is -2.21. The third kappa shape index (κ3) is 6.41. The summed E-state index contributed by atoms with van der Waals surface area (Å²) in [5, 5.41) is 0. The van der Waals surface area contributed by atoms with Gasteiger partial charge >= 0.3 is 0 Å². The van der Waals surface area contributed by atoms with E-state index in [-0.39, 0.29) is 6.29 Å². The number of ether oxygens (including phenoxy) is 2. The van der Waals surface area contributed by atoms with Crippen LogP contribution in [0.2, 0.25) is 0 Å². The molecule has 1 fully saturated rings. The fraction of sp³-hybridized carbons (Fsp3) is 0.571. The maximum absolute atomic E-state index is 5.35. The van der Waals surface area contributed by atoms with Crippen molar-refractivity contribution in [3.8, 4) is 0 Å². The summed E-state index contributed by atoms with van der Waals surface area (Å²) in [7, 11) is 0. The molecule has 1 unspecified atom stereocenters. The van der Waals surface area contributed by atoms with Gasteiger partial charge in [0.2, 0.25) is 0 Å². The zero-order valence-electron chi connectivity index (χ0n) is 10.6. The third-order valence-electron chi connectivity index (χ3n) is 2.57. The molecule has 3 nitrogen and oxygen atoms in total. The highest BCUT2D eigenvalue weighted by molar-refractivity contribution is 5.13. The third-order valence-corrected chi connectivity index (χ3v) is 2.57. The second kappa shape index (κ2) is 9.16. The SMILES string of the molecule is CCOC1CCCCO1.NCc1ccccc1. The van der Waals surface area contributed by atoms with E-state index in [1.54, 1.807) is 0 Å². The normalized spacial score (nSPS) is 19.3. The summed E-state index contributed by atoms with van der Waals surface area (Å²) in [5.41, 5.74) is 6.54. The molecular weight excluding hydrogens is 214 g/mol. The van der Waals surface area contributed by atoms with Crippen molar-refractivity contribution < 1.29 is 9.47 Å². The standard InChI is InChI=1S/C7H9N.C7H14O2/c8-6-7-4-2-1-3-5-7;1-2-8-7-5-3-4-6-9-7/h1-5H,6,8H2;7H,2-6H2,1H3. The Kier molecular flexibility index (Phi) is 7.63. The van der Waals surface area contributed by atoms with Gasteiger partial charge in [-0.2, -0.15) is 0 Å². The lowest BCUT2D eigenvalue weighted by Gasteiger charge is -2.21. The van der Waals surface area contributed by atoms with Gasteiger partial charge in [-0.25, -0.2) is 0 Å². The molecule has 1 aromatic carbocycles. The highest BCUT2D eigenvalue weighted by Crippen LogP contribution is 2.12. The van der Waals surface area contributed by atoms with Gasteiger partial charge in [-0.15, -0.1) is 0 Å². The first-order valence-electron chi connectivity index (χ1n) is 6.34. The topological polar surface area (TPSA) is 44.5 Å². The molecule has 1 atom stereocenters. The maximum atomic E-state index is 5.35. The summed E-state index contributed by atoms with van der Waals surface area (Å²) < 4.78 is 10.6. The first-order valence-corrected chi connectivity index (χ1v) is 6.34. The Balaban J connectivity index is 0.000000171. The predicted molar refractivity (Wildman–Crippen MR) is 69.6 cm³/mol. The van der Waals surface area contributed by atoms with E-state index < -0.39 is 0 Å². The summed E-state index contributed by atoms with van der Waals surface area (Å²) in [6.45, 7) is 4.29. The van der Waals surface area contributed by atoms with E-state index in [0.29, 0.717) is 6.54 Å². The molecule has 0 spiro atoms. The first-order chi connectivity index (χ1) is 8.36. The second-order valence-electron chi connectivity index (χ2n) is 3.94. The van der Waals surface area contributed by atoms with Crippen LogP contribution in [-0.2, 0) is 16.0 Å². The lowest BCUT2D eigenvalue weighted by molar-refractivity contribution is -0.159. The molecule has 1 aliphatic heterocycles. The van der Waals surface area contributed by atoms with Crippen molar-refractivity contribution in [2.75, 3.05) is 13.2 Å². The number of rotatable bonds is 3. The summed E-state index contributed by atoms with van der Waals surface area (Å²) >= 11 is 0. The zero-order valence-corrected chi connectivity index (χ0v) is 10.6. The number of hydrogen-bond acceptors (Lipinski definition) is 3. The number of benzene rings is 1. The van der Waals surface area contributed by atoms with Gasteiger partial charge in [-0.3, -0.25) is 0 Å². The van der Waals surface area contributed by atoms with Crippen LogP contribution in [0.4, 0.5) is 0 Å². The Morgan fingerprint density at radius 1 is 1.29 bits per heavy atom. The van der Waals surface area contributed by atoms with Crippen LogP contribution in [-0.4, -0.2) is 19.5 Å². The van der Waals surface area contributed by atoms with E-state index in [0.717, 1.165) is 19.6 Å². The summed E-state index contributed by atoms with van der Waals surface area (Å²) in [4.78, 5) is 0. The van der Waals surface area contributed by atoms with Crippen LogP contribution >= 0.6 is 0 Å². The summed E-state index contributed by atoms with van der Waals surface area (Å²) in [6, 6.07) is 9.99. The Bertz CT molecular complexity index is 268. The summed E-state index contributed by atoms with van der Waals surface area (Å²) in [6.07, 6.45) is 3.63. The second-order valence-corrected chi connectivity index (χ2v) is 3.94. The molecule has 96 valence electrons. The van der Waals surface area contributed by atoms with Crippen LogP contribution < -0.4 is 5.73 Å².